The minimum atomic E-state index is -0.985. The number of rotatable bonds is 7. The number of anilines is 1. The van der Waals surface area contributed by atoms with E-state index in [9.17, 15) is 19.2 Å². The van der Waals surface area contributed by atoms with Crippen LogP contribution in [0.25, 0.3) is 0 Å². The summed E-state index contributed by atoms with van der Waals surface area (Å²) in [4.78, 5) is 46.7. The first-order chi connectivity index (χ1) is 11.8. The van der Waals surface area contributed by atoms with Gasteiger partial charge in [0.25, 0.3) is 5.91 Å². The summed E-state index contributed by atoms with van der Waals surface area (Å²) >= 11 is 0. The van der Waals surface area contributed by atoms with E-state index in [1.165, 1.54) is 33.3 Å². The molecule has 0 aliphatic carbocycles. The van der Waals surface area contributed by atoms with E-state index in [0.717, 1.165) is 0 Å². The summed E-state index contributed by atoms with van der Waals surface area (Å²) in [7, 11) is 2.45. The largest absolute Gasteiger partial charge is 0.469 e. The van der Waals surface area contributed by atoms with Crippen LogP contribution < -0.4 is 10.6 Å². The zero-order chi connectivity index (χ0) is 19.0. The van der Waals surface area contributed by atoms with Gasteiger partial charge in [0.15, 0.2) is 0 Å². The van der Waals surface area contributed by atoms with Crippen LogP contribution in [0.3, 0.4) is 0 Å². The van der Waals surface area contributed by atoms with Crippen molar-refractivity contribution in [1.82, 2.24) is 5.32 Å². The molecule has 0 fully saturated rings. The molecule has 0 saturated carbocycles. The third-order valence-corrected chi connectivity index (χ3v) is 3.45. The molecule has 2 N–H and O–H groups in total. The molecule has 1 aromatic rings. The Balaban J connectivity index is 2.82. The van der Waals surface area contributed by atoms with Crippen molar-refractivity contribution in [1.29, 1.82) is 0 Å². The van der Waals surface area contributed by atoms with Crippen molar-refractivity contribution < 1.29 is 28.7 Å². The number of nitrogens with one attached hydrogen (secondary N) is 2. The lowest BCUT2D eigenvalue weighted by Crippen LogP contribution is -2.43. The summed E-state index contributed by atoms with van der Waals surface area (Å²) < 4.78 is 9.30. The fourth-order valence-corrected chi connectivity index (χ4v) is 2.16. The zero-order valence-electron chi connectivity index (χ0n) is 14.6. The molecule has 2 amide bonds. The maximum Gasteiger partial charge on any atom is 0.328 e. The molecule has 0 unspecified atom stereocenters. The van der Waals surface area contributed by atoms with Gasteiger partial charge < -0.3 is 20.1 Å². The van der Waals surface area contributed by atoms with Gasteiger partial charge in [-0.3, -0.25) is 14.4 Å². The van der Waals surface area contributed by atoms with Crippen molar-refractivity contribution in [2.24, 2.45) is 5.92 Å². The molecule has 0 aliphatic rings. The number of amides is 2. The number of hydrogen-bond acceptors (Lipinski definition) is 6. The fourth-order valence-electron chi connectivity index (χ4n) is 2.16. The van der Waals surface area contributed by atoms with E-state index >= 15 is 0 Å². The summed E-state index contributed by atoms with van der Waals surface area (Å²) in [6, 6.07) is 5.18. The Morgan fingerprint density at radius 2 is 1.56 bits per heavy atom. The third-order valence-electron chi connectivity index (χ3n) is 3.45. The van der Waals surface area contributed by atoms with Crippen LogP contribution in [0.1, 0.15) is 30.6 Å². The average molecular weight is 350 g/mol. The molecule has 0 bridgehead atoms. The summed E-state index contributed by atoms with van der Waals surface area (Å²) in [6.45, 7) is 2.97. The highest BCUT2D eigenvalue weighted by Crippen LogP contribution is 2.12. The first-order valence-electron chi connectivity index (χ1n) is 7.62. The van der Waals surface area contributed by atoms with Gasteiger partial charge in [-0.05, 0) is 30.7 Å². The van der Waals surface area contributed by atoms with Crippen LogP contribution in [0.4, 0.5) is 5.69 Å². The lowest BCUT2D eigenvalue weighted by Gasteiger charge is -2.19. The Hall–Kier alpha value is -2.90. The summed E-state index contributed by atoms with van der Waals surface area (Å²) in [6.07, 6.45) is 0.0507. The Morgan fingerprint density at radius 1 is 1.00 bits per heavy atom. The molecule has 8 nitrogen and oxygen atoms in total. The Bertz CT molecular complexity index is 641. The van der Waals surface area contributed by atoms with Crippen LogP contribution in [0.2, 0.25) is 0 Å². The smallest absolute Gasteiger partial charge is 0.328 e. The van der Waals surface area contributed by atoms with Crippen molar-refractivity contribution in [2.75, 3.05) is 19.5 Å². The average Bonchev–Trinajstić information content (AvgIpc) is 2.59. The normalized spacial score (nSPS) is 12.5. The lowest BCUT2D eigenvalue weighted by molar-refractivity contribution is -0.147. The number of esters is 2. The molecule has 0 heterocycles. The first-order valence-corrected chi connectivity index (χ1v) is 7.62. The third kappa shape index (κ3) is 6.25. The van der Waals surface area contributed by atoms with Crippen LogP contribution in [-0.4, -0.2) is 44.0 Å². The molecule has 136 valence electrons. The SMILES string of the molecule is COC(=O)[C@@H](C)C[C@@H](NC(=O)c1ccc(NC(C)=O)cc1)C(=O)OC. The van der Waals surface area contributed by atoms with Gasteiger partial charge in [0.1, 0.15) is 6.04 Å². The highest BCUT2D eigenvalue weighted by atomic mass is 16.5. The molecule has 2 atom stereocenters. The van der Waals surface area contributed by atoms with E-state index in [0.29, 0.717) is 11.3 Å². The maximum atomic E-state index is 12.3. The zero-order valence-corrected chi connectivity index (χ0v) is 14.6. The second kappa shape index (κ2) is 9.41. The predicted octanol–water partition coefficient (Wildman–Crippen LogP) is 1.12. The number of hydrogen-bond donors (Lipinski definition) is 2. The van der Waals surface area contributed by atoms with Crippen molar-refractivity contribution in [3.8, 4) is 0 Å². The number of carbonyl (C=O) groups is 4. The van der Waals surface area contributed by atoms with Gasteiger partial charge in [0.05, 0.1) is 20.1 Å². The fraction of sp³-hybridized carbons (Fsp3) is 0.412. The number of methoxy groups -OCH3 is 2. The summed E-state index contributed by atoms with van der Waals surface area (Å²) in [5, 5.41) is 5.13. The van der Waals surface area contributed by atoms with Crippen molar-refractivity contribution in [3.63, 3.8) is 0 Å². The van der Waals surface area contributed by atoms with Crippen molar-refractivity contribution >= 4 is 29.4 Å². The maximum absolute atomic E-state index is 12.3. The van der Waals surface area contributed by atoms with E-state index < -0.39 is 29.8 Å². The minimum Gasteiger partial charge on any atom is -0.469 e. The molecule has 1 rings (SSSR count). The molecule has 0 aromatic heterocycles. The van der Waals surface area contributed by atoms with Gasteiger partial charge in [0, 0.05) is 18.2 Å². The molecular weight excluding hydrogens is 328 g/mol. The summed E-state index contributed by atoms with van der Waals surface area (Å²) in [5.74, 6) is -2.44. The Kier molecular flexibility index (Phi) is 7.58. The highest BCUT2D eigenvalue weighted by molar-refractivity contribution is 5.97. The van der Waals surface area contributed by atoms with Crippen LogP contribution in [0, 0.1) is 5.92 Å². The molecule has 0 spiro atoms. The van der Waals surface area contributed by atoms with Crippen LogP contribution >= 0.6 is 0 Å². The van der Waals surface area contributed by atoms with Gasteiger partial charge in [-0.15, -0.1) is 0 Å². The molecule has 1 aromatic carbocycles. The standard InChI is InChI=1S/C17H22N2O6/c1-10(16(22)24-3)9-14(17(23)25-4)19-15(21)12-5-7-13(8-6-12)18-11(2)20/h5-8,10,14H,9H2,1-4H3,(H,18,20)(H,19,21)/t10-,14+/m0/s1. The molecule has 8 heteroatoms. The number of benzene rings is 1. The molecule has 0 radical (unpaired) electrons. The van der Waals surface area contributed by atoms with E-state index in [-0.39, 0.29) is 12.3 Å². The number of ether oxygens (including phenoxy) is 2. The number of carbonyl (C=O) groups excluding carboxylic acids is 4. The summed E-state index contributed by atoms with van der Waals surface area (Å²) in [5.41, 5.74) is 0.849. The van der Waals surface area contributed by atoms with Gasteiger partial charge in [-0.25, -0.2) is 4.79 Å². The topological polar surface area (TPSA) is 111 Å². The highest BCUT2D eigenvalue weighted by Gasteiger charge is 2.27. The van der Waals surface area contributed by atoms with E-state index in [1.807, 2.05) is 0 Å². The van der Waals surface area contributed by atoms with E-state index in [1.54, 1.807) is 19.1 Å². The van der Waals surface area contributed by atoms with Crippen LogP contribution in [0.5, 0.6) is 0 Å². The molecule has 0 aliphatic heterocycles. The van der Waals surface area contributed by atoms with E-state index in [4.69, 9.17) is 0 Å². The molecular formula is C17H22N2O6. The van der Waals surface area contributed by atoms with Gasteiger partial charge in [0.2, 0.25) is 5.91 Å². The molecule has 25 heavy (non-hydrogen) atoms. The van der Waals surface area contributed by atoms with Gasteiger partial charge in [-0.1, -0.05) is 6.92 Å². The monoisotopic (exact) mass is 350 g/mol. The van der Waals surface area contributed by atoms with Gasteiger partial charge >= 0.3 is 11.9 Å². The molecule has 0 saturated heterocycles. The van der Waals surface area contributed by atoms with Crippen LogP contribution in [-0.2, 0) is 23.9 Å². The van der Waals surface area contributed by atoms with Crippen molar-refractivity contribution in [3.05, 3.63) is 29.8 Å². The van der Waals surface area contributed by atoms with E-state index in [2.05, 4.69) is 20.1 Å². The second-order valence-corrected chi connectivity index (χ2v) is 5.47. The second-order valence-electron chi connectivity index (χ2n) is 5.47. The quantitative estimate of drug-likeness (QED) is 0.713. The predicted molar refractivity (Wildman–Crippen MR) is 89.8 cm³/mol. The van der Waals surface area contributed by atoms with Crippen molar-refractivity contribution in [2.45, 2.75) is 26.3 Å². The first kappa shape index (κ1) is 20.1. The Labute approximate surface area is 145 Å². The van der Waals surface area contributed by atoms with Gasteiger partial charge in [-0.2, -0.15) is 0 Å². The Morgan fingerprint density at radius 3 is 2.04 bits per heavy atom. The minimum absolute atomic E-state index is 0.0507. The lowest BCUT2D eigenvalue weighted by atomic mass is 10.0. The van der Waals surface area contributed by atoms with Crippen LogP contribution in [0.15, 0.2) is 24.3 Å².